The Hall–Kier alpha value is -6.48. The van der Waals surface area contributed by atoms with E-state index in [1.54, 1.807) is 78.8 Å². The van der Waals surface area contributed by atoms with Gasteiger partial charge in [-0.1, -0.05) is 71.0 Å². The lowest BCUT2D eigenvalue weighted by atomic mass is 9.77. The predicted octanol–water partition coefficient (Wildman–Crippen LogP) is 5.98. The van der Waals surface area contributed by atoms with Crippen LogP contribution in [0.2, 0.25) is 0 Å². The number of imide groups is 1. The number of alkyl halides is 3. The normalized spacial score (nSPS) is 31.2. The number of aromatic nitrogens is 1. The first-order valence-electron chi connectivity index (χ1n) is 35.4. The highest BCUT2D eigenvalue weighted by Crippen LogP contribution is 2.41. The van der Waals surface area contributed by atoms with Crippen LogP contribution in [0, 0.1) is 30.6 Å². The molecule has 3 fully saturated rings. The summed E-state index contributed by atoms with van der Waals surface area (Å²) in [7, 11) is 5.14. The van der Waals surface area contributed by atoms with Gasteiger partial charge in [0.2, 0.25) is 11.8 Å². The molecule has 0 radical (unpaired) electrons. The van der Waals surface area contributed by atoms with Crippen LogP contribution in [-0.4, -0.2) is 238 Å². The van der Waals surface area contributed by atoms with Gasteiger partial charge in [-0.25, -0.2) is 9.78 Å². The second-order valence-electron chi connectivity index (χ2n) is 29.2. The second-order valence-corrected chi connectivity index (χ2v) is 29.2. The highest BCUT2D eigenvalue weighted by atomic mass is 19.4. The van der Waals surface area contributed by atoms with E-state index in [1.807, 2.05) is 51.6 Å². The van der Waals surface area contributed by atoms with E-state index in [-0.39, 0.29) is 92.9 Å². The van der Waals surface area contributed by atoms with Crippen LogP contribution < -0.4 is 26.6 Å². The fraction of sp³-hybridized carbons (Fsp3) is 0.685. The van der Waals surface area contributed by atoms with Gasteiger partial charge < -0.3 is 85.4 Å². The molecule has 0 aliphatic carbocycles. The third kappa shape index (κ3) is 22.3. The summed E-state index contributed by atoms with van der Waals surface area (Å²) in [5.74, 6) is -6.49. The standard InChI is InChI=1S/C73H112F3N9O17/c1-17-55-72(13,96)61(89)47(9)84(40-42(4)36-70(11,95)63(102-68-59(88)54(83(14)15)34-43(5)98-68)45(7)60(46(8)67(93)100-55)101-58-37-71(12,97-16)62(90)48(10)99-58)32-23-31-77-56(86)38-80-69(94)85(33-29-41(2)3)66(92)53(35-49-24-19-18-20-25-49)81-57(87)39-79-65(91)50-26-22-30-78-64(50)82-52-28-21-27-51(44(52)6)73(74,75)76/h18-22,24-28,30,41-43,45-48,53-55,58-63,68,88-90,95-96H,17,23,29,31-40H2,1-16H3,(H,77,86)(H,78,82)(H,79,91)(H,80,94)(H,81,87). The number of rotatable bonds is 25. The Kier molecular flexibility index (Phi) is 30.6. The molecular formula is C73H112F3N9O17. The van der Waals surface area contributed by atoms with Crippen molar-refractivity contribution in [3.8, 4) is 0 Å². The van der Waals surface area contributed by atoms with E-state index < -0.39 is 168 Å². The van der Waals surface area contributed by atoms with E-state index in [0.29, 0.717) is 18.4 Å². The zero-order valence-electron chi connectivity index (χ0n) is 61.9. The molecule has 4 heterocycles. The van der Waals surface area contributed by atoms with Crippen molar-refractivity contribution in [3.63, 3.8) is 0 Å². The number of hydrogen-bond acceptors (Lipinski definition) is 21. The first kappa shape index (κ1) is 84.5. The number of urea groups is 1. The summed E-state index contributed by atoms with van der Waals surface area (Å²) in [4.78, 5) is 93.5. The van der Waals surface area contributed by atoms with E-state index in [9.17, 15) is 67.5 Å². The number of cyclic esters (lactones) is 1. The molecule has 3 aliphatic heterocycles. The predicted molar refractivity (Wildman–Crippen MR) is 373 cm³/mol. The topological polar surface area (TPSA) is 342 Å². The van der Waals surface area contributed by atoms with E-state index in [4.69, 9.17) is 28.4 Å². The van der Waals surface area contributed by atoms with E-state index in [1.165, 1.54) is 51.4 Å². The van der Waals surface area contributed by atoms with Crippen molar-refractivity contribution in [1.29, 1.82) is 0 Å². The van der Waals surface area contributed by atoms with Gasteiger partial charge >= 0.3 is 18.2 Å². The number of carbonyl (C=O) groups is 6. The minimum atomic E-state index is -4.64. The van der Waals surface area contributed by atoms with Gasteiger partial charge in [0.1, 0.15) is 41.9 Å². The number of halogens is 3. The molecule has 10 N–H and O–H groups in total. The summed E-state index contributed by atoms with van der Waals surface area (Å²) in [6.07, 6.45) is -13.2. The van der Waals surface area contributed by atoms with Gasteiger partial charge in [-0.3, -0.25) is 33.8 Å². The van der Waals surface area contributed by atoms with Crippen LogP contribution in [0.4, 0.5) is 29.5 Å². The SMILES string of the molecule is CCC1OC(=O)C(C)C(OC2CC(C)(OC)C(O)C(C)O2)C(C)C(OC2OC(C)CC(N(C)C)C2O)C(C)(O)CC(C)CN(CCCNC(=O)CNC(=O)N(CCC(C)C)C(=O)C(Cc2ccccc2)NC(=O)CNC(=O)c2cccnc2Nc2cccc(C(F)(F)F)c2C)C(C)C(O)C1(C)O. The number of anilines is 2. The van der Waals surface area contributed by atoms with Crippen molar-refractivity contribution in [2.75, 3.05) is 65.8 Å². The maximum atomic E-state index is 14.8. The molecule has 0 bridgehead atoms. The summed E-state index contributed by atoms with van der Waals surface area (Å²) in [6, 6.07) is 11.4. The molecule has 3 aliphatic rings. The second kappa shape index (κ2) is 37.0. The monoisotopic (exact) mass is 1440 g/mol. The van der Waals surface area contributed by atoms with Gasteiger partial charge in [-0.05, 0) is 149 Å². The van der Waals surface area contributed by atoms with Crippen molar-refractivity contribution < 1.29 is 95.9 Å². The Labute approximate surface area is 597 Å². The van der Waals surface area contributed by atoms with Crippen LogP contribution >= 0.6 is 0 Å². The Morgan fingerprint density at radius 1 is 0.853 bits per heavy atom. The Morgan fingerprint density at radius 2 is 1.53 bits per heavy atom. The summed E-state index contributed by atoms with van der Waals surface area (Å²) < 4.78 is 79.5. The number of likely N-dealkylation sites (N-methyl/N-ethyl adjacent to an activating group) is 1. The van der Waals surface area contributed by atoms with Crippen LogP contribution in [0.1, 0.15) is 149 Å². The lowest BCUT2D eigenvalue weighted by Gasteiger charge is -2.48. The average Bonchev–Trinajstić information content (AvgIpc) is 1.05. The number of aliphatic hydroxyl groups is 5. The van der Waals surface area contributed by atoms with Crippen molar-refractivity contribution in [3.05, 3.63) is 89.1 Å². The number of nitrogens with one attached hydrogen (secondary N) is 5. The number of aliphatic hydroxyl groups excluding tert-OH is 3. The van der Waals surface area contributed by atoms with Gasteiger partial charge in [0.25, 0.3) is 11.8 Å². The first-order valence-corrected chi connectivity index (χ1v) is 35.4. The third-order valence-electron chi connectivity index (χ3n) is 20.1. The largest absolute Gasteiger partial charge is 0.459 e. The number of benzene rings is 2. The summed E-state index contributed by atoms with van der Waals surface area (Å²) in [5.41, 5.74) is -5.44. The van der Waals surface area contributed by atoms with E-state index >= 15 is 0 Å². The number of ether oxygens (including phenoxy) is 6. The lowest BCUT2D eigenvalue weighted by Crippen LogP contribution is -2.60. The van der Waals surface area contributed by atoms with Crippen LogP contribution in [0.3, 0.4) is 0 Å². The van der Waals surface area contributed by atoms with Gasteiger partial charge in [-0.2, -0.15) is 13.2 Å². The maximum Gasteiger partial charge on any atom is 0.416 e. The number of esters is 1. The zero-order chi connectivity index (χ0) is 75.9. The number of carbonyl (C=O) groups excluding carboxylic acids is 6. The molecule has 0 spiro atoms. The molecule has 19 atom stereocenters. The summed E-state index contributed by atoms with van der Waals surface area (Å²) in [5, 5.41) is 74.1. The van der Waals surface area contributed by atoms with E-state index in [2.05, 4.69) is 31.6 Å². The number of nitrogens with zero attached hydrogens (tertiary/aromatic N) is 4. The van der Waals surface area contributed by atoms with Crippen molar-refractivity contribution in [2.24, 2.45) is 23.7 Å². The molecular weight excluding hydrogens is 1330 g/mol. The van der Waals surface area contributed by atoms with Gasteiger partial charge in [0, 0.05) is 76.0 Å². The quantitative estimate of drug-likeness (QED) is 0.0344. The minimum absolute atomic E-state index is 0.00828. The number of pyridine rings is 1. The molecule has 29 heteroatoms. The molecule has 2 aromatic carbocycles. The maximum absolute atomic E-state index is 14.8. The molecule has 3 saturated heterocycles. The van der Waals surface area contributed by atoms with Crippen LogP contribution in [0.5, 0.6) is 0 Å². The van der Waals surface area contributed by atoms with Crippen LogP contribution in [0.15, 0.2) is 66.9 Å². The highest BCUT2D eigenvalue weighted by molar-refractivity contribution is 6.02. The fourth-order valence-electron chi connectivity index (χ4n) is 14.1. The molecule has 1 aromatic heterocycles. The minimum Gasteiger partial charge on any atom is -0.459 e. The Morgan fingerprint density at radius 3 is 2.17 bits per heavy atom. The molecule has 102 heavy (non-hydrogen) atoms. The molecule has 6 rings (SSSR count). The Bertz CT molecular complexity index is 3240. The van der Waals surface area contributed by atoms with Gasteiger partial charge in [0.05, 0.1) is 65.8 Å². The Balaban J connectivity index is 1.18. The van der Waals surface area contributed by atoms with Gasteiger partial charge in [-0.15, -0.1) is 0 Å². The fourth-order valence-corrected chi connectivity index (χ4v) is 14.1. The summed E-state index contributed by atoms with van der Waals surface area (Å²) in [6.45, 7) is 21.0. The lowest BCUT2D eigenvalue weighted by molar-refractivity contribution is -0.318. The summed E-state index contributed by atoms with van der Waals surface area (Å²) >= 11 is 0. The average molecular weight is 1440 g/mol. The van der Waals surface area contributed by atoms with Crippen molar-refractivity contribution in [2.45, 2.75) is 237 Å². The molecule has 19 unspecified atom stereocenters. The van der Waals surface area contributed by atoms with Crippen LogP contribution in [0.25, 0.3) is 0 Å². The van der Waals surface area contributed by atoms with Crippen molar-refractivity contribution >= 4 is 47.1 Å². The van der Waals surface area contributed by atoms with Crippen LogP contribution in [-0.2, 0) is 60.2 Å². The smallest absolute Gasteiger partial charge is 0.416 e. The zero-order valence-corrected chi connectivity index (χ0v) is 61.9. The number of amides is 6. The molecule has 6 amide bonds. The molecule has 0 saturated carbocycles. The number of hydrogen-bond donors (Lipinski definition) is 10. The number of methoxy groups -OCH3 is 1. The highest BCUT2D eigenvalue weighted by Gasteiger charge is 2.53. The van der Waals surface area contributed by atoms with Crippen molar-refractivity contribution in [1.82, 2.24) is 41.0 Å². The third-order valence-corrected chi connectivity index (χ3v) is 20.1. The first-order chi connectivity index (χ1) is 47.7. The van der Waals surface area contributed by atoms with E-state index in [0.717, 1.165) is 11.0 Å². The molecule has 3 aromatic rings. The van der Waals surface area contributed by atoms with Gasteiger partial charge in [0.15, 0.2) is 12.6 Å². The molecule has 26 nitrogen and oxygen atoms in total. The molecule has 572 valence electrons.